The molecule has 1 amide bonds. The molecule has 1 N–H and O–H groups in total. The first-order valence-electron chi connectivity index (χ1n) is 9.04. The summed E-state index contributed by atoms with van der Waals surface area (Å²) in [7, 11) is 1.58. The highest BCUT2D eigenvalue weighted by atomic mass is 35.5. The minimum absolute atomic E-state index is 0.150. The van der Waals surface area contributed by atoms with E-state index in [9.17, 15) is 4.79 Å². The van der Waals surface area contributed by atoms with Gasteiger partial charge in [-0.2, -0.15) is 0 Å². The molecule has 0 saturated carbocycles. The van der Waals surface area contributed by atoms with Gasteiger partial charge in [0.15, 0.2) is 0 Å². The lowest BCUT2D eigenvalue weighted by Gasteiger charge is -2.08. The first kappa shape index (κ1) is 20.2. The van der Waals surface area contributed by atoms with E-state index in [1.54, 1.807) is 25.3 Å². The average Bonchev–Trinajstić information content (AvgIpc) is 3.40. The van der Waals surface area contributed by atoms with Crippen LogP contribution in [0, 0.1) is 0 Å². The van der Waals surface area contributed by atoms with E-state index < -0.39 is 12.0 Å². The van der Waals surface area contributed by atoms with Crippen molar-refractivity contribution in [3.63, 3.8) is 0 Å². The quantitative estimate of drug-likeness (QED) is 0.623. The molecule has 10 heteroatoms. The van der Waals surface area contributed by atoms with Crippen molar-refractivity contribution in [2.75, 3.05) is 12.4 Å². The minimum atomic E-state index is -0.783. The topological polar surface area (TPSA) is 90.6 Å². The van der Waals surface area contributed by atoms with Gasteiger partial charge in [0.05, 0.1) is 19.4 Å². The molecular weight excluding hydrogens is 429 g/mol. The van der Waals surface area contributed by atoms with Crippen molar-refractivity contribution in [1.82, 2.24) is 14.8 Å². The average molecular weight is 446 g/mol. The maximum atomic E-state index is 12.5. The van der Waals surface area contributed by atoms with Gasteiger partial charge in [-0.1, -0.05) is 46.6 Å². The number of amides is 1. The molecule has 4 rings (SSSR count). The Morgan fingerprint density at radius 2 is 2.00 bits per heavy atom. The Hall–Kier alpha value is -3.10. The van der Waals surface area contributed by atoms with Crippen LogP contribution in [0.2, 0.25) is 10.0 Å². The summed E-state index contributed by atoms with van der Waals surface area (Å²) in [6.07, 6.45) is 1.01. The number of hydrogen-bond acceptors (Lipinski definition) is 6. The molecular formula is C20H17Cl2N5O3. The smallest absolute Gasteiger partial charge is 0.271 e. The predicted molar refractivity (Wildman–Crippen MR) is 113 cm³/mol. The van der Waals surface area contributed by atoms with Gasteiger partial charge in [0.25, 0.3) is 5.91 Å². The number of hydrogen-bond donors (Lipinski definition) is 1. The van der Waals surface area contributed by atoms with Crippen LogP contribution in [0.1, 0.15) is 17.5 Å². The van der Waals surface area contributed by atoms with Crippen LogP contribution in [0.3, 0.4) is 0 Å². The molecule has 0 radical (unpaired) electrons. The molecule has 0 bridgehead atoms. The number of rotatable bonds is 6. The van der Waals surface area contributed by atoms with Gasteiger partial charge < -0.3 is 9.57 Å². The molecule has 8 nitrogen and oxygen atoms in total. The molecule has 0 aliphatic carbocycles. The van der Waals surface area contributed by atoms with Crippen LogP contribution in [0.4, 0.5) is 5.95 Å². The molecule has 0 spiro atoms. The summed E-state index contributed by atoms with van der Waals surface area (Å²) < 4.78 is 6.88. The number of nitrogens with zero attached hydrogens (tertiary/aromatic N) is 4. The summed E-state index contributed by atoms with van der Waals surface area (Å²) in [6.45, 7) is 0.322. The van der Waals surface area contributed by atoms with Crippen molar-refractivity contribution in [3.8, 4) is 5.75 Å². The highest BCUT2D eigenvalue weighted by molar-refractivity contribution is 6.35. The maximum absolute atomic E-state index is 12.5. The Balaban J connectivity index is 1.39. The SMILES string of the molecule is COc1ccccc1C1=NO[C@@H](C(=O)Nc2ncn(Cc3c(Cl)cccc3Cl)n2)C1. The number of halogens is 2. The molecule has 0 saturated heterocycles. The number of methoxy groups -OCH3 is 1. The maximum Gasteiger partial charge on any atom is 0.271 e. The summed E-state index contributed by atoms with van der Waals surface area (Å²) in [5.74, 6) is 0.425. The zero-order valence-corrected chi connectivity index (χ0v) is 17.4. The molecule has 2 aromatic carbocycles. The Bertz CT molecular complexity index is 1100. The second-order valence-electron chi connectivity index (χ2n) is 6.49. The largest absolute Gasteiger partial charge is 0.496 e. The van der Waals surface area contributed by atoms with E-state index in [0.29, 0.717) is 34.5 Å². The second-order valence-corrected chi connectivity index (χ2v) is 7.31. The number of carbonyl (C=O) groups excluding carboxylic acids is 1. The minimum Gasteiger partial charge on any atom is -0.496 e. The van der Waals surface area contributed by atoms with Crippen molar-refractivity contribution in [2.24, 2.45) is 5.16 Å². The third-order valence-corrected chi connectivity index (χ3v) is 5.24. The lowest BCUT2D eigenvalue weighted by Crippen LogP contribution is -2.28. The summed E-state index contributed by atoms with van der Waals surface area (Å²) in [5, 5.41) is 12.0. The number of para-hydroxylation sites is 1. The van der Waals surface area contributed by atoms with Crippen molar-refractivity contribution in [3.05, 3.63) is 70.0 Å². The van der Waals surface area contributed by atoms with Crippen LogP contribution < -0.4 is 10.1 Å². The molecule has 0 unspecified atom stereocenters. The van der Waals surface area contributed by atoms with Crippen LogP contribution in [0.25, 0.3) is 0 Å². The van der Waals surface area contributed by atoms with E-state index in [0.717, 1.165) is 11.1 Å². The number of anilines is 1. The zero-order valence-electron chi connectivity index (χ0n) is 15.9. The fraction of sp³-hybridized carbons (Fsp3) is 0.200. The molecule has 1 atom stereocenters. The predicted octanol–water partition coefficient (Wildman–Crippen LogP) is 3.77. The van der Waals surface area contributed by atoms with E-state index >= 15 is 0 Å². The fourth-order valence-electron chi connectivity index (χ4n) is 3.02. The normalized spacial score (nSPS) is 15.4. The molecule has 30 heavy (non-hydrogen) atoms. The third kappa shape index (κ3) is 4.24. The van der Waals surface area contributed by atoms with Gasteiger partial charge in [-0.3, -0.25) is 10.1 Å². The Kier molecular flexibility index (Phi) is 5.87. The second kappa shape index (κ2) is 8.73. The number of carbonyl (C=O) groups is 1. The van der Waals surface area contributed by atoms with Gasteiger partial charge in [0.1, 0.15) is 12.1 Å². The van der Waals surface area contributed by atoms with E-state index in [-0.39, 0.29) is 5.95 Å². The monoisotopic (exact) mass is 445 g/mol. The van der Waals surface area contributed by atoms with Crippen molar-refractivity contribution in [1.29, 1.82) is 0 Å². The first-order valence-corrected chi connectivity index (χ1v) is 9.80. The molecule has 154 valence electrons. The van der Waals surface area contributed by atoms with Gasteiger partial charge in [-0.25, -0.2) is 9.67 Å². The van der Waals surface area contributed by atoms with Gasteiger partial charge in [-0.05, 0) is 24.3 Å². The molecule has 1 aromatic heterocycles. The van der Waals surface area contributed by atoms with Crippen LogP contribution in [-0.4, -0.2) is 39.6 Å². The Morgan fingerprint density at radius 1 is 1.23 bits per heavy atom. The van der Waals surface area contributed by atoms with Gasteiger partial charge in [0, 0.05) is 27.6 Å². The lowest BCUT2D eigenvalue weighted by atomic mass is 10.0. The van der Waals surface area contributed by atoms with E-state index in [1.807, 2.05) is 24.3 Å². The van der Waals surface area contributed by atoms with E-state index in [2.05, 4.69) is 20.6 Å². The summed E-state index contributed by atoms with van der Waals surface area (Å²) in [4.78, 5) is 22.0. The number of oxime groups is 1. The van der Waals surface area contributed by atoms with Crippen LogP contribution in [0.15, 0.2) is 53.9 Å². The van der Waals surface area contributed by atoms with Crippen LogP contribution >= 0.6 is 23.2 Å². The van der Waals surface area contributed by atoms with E-state index in [1.165, 1.54) is 11.0 Å². The van der Waals surface area contributed by atoms with Gasteiger partial charge in [0.2, 0.25) is 12.1 Å². The summed E-state index contributed by atoms with van der Waals surface area (Å²) >= 11 is 12.4. The molecule has 0 fully saturated rings. The fourth-order valence-corrected chi connectivity index (χ4v) is 3.54. The van der Waals surface area contributed by atoms with Gasteiger partial charge in [-0.15, -0.1) is 5.10 Å². The molecule has 1 aliphatic rings. The zero-order chi connectivity index (χ0) is 21.1. The number of benzene rings is 2. The van der Waals surface area contributed by atoms with Gasteiger partial charge >= 0.3 is 0 Å². The number of ether oxygens (including phenoxy) is 1. The summed E-state index contributed by atoms with van der Waals surface area (Å²) in [6, 6.07) is 12.7. The molecule has 2 heterocycles. The lowest BCUT2D eigenvalue weighted by molar-refractivity contribution is -0.125. The first-order chi connectivity index (χ1) is 14.5. The number of nitrogens with one attached hydrogen (secondary N) is 1. The Morgan fingerprint density at radius 3 is 2.77 bits per heavy atom. The molecule has 3 aromatic rings. The summed E-state index contributed by atoms with van der Waals surface area (Å²) in [5.41, 5.74) is 2.14. The van der Waals surface area contributed by atoms with Crippen molar-refractivity contribution >= 4 is 40.8 Å². The highest BCUT2D eigenvalue weighted by Crippen LogP contribution is 2.26. The molecule has 1 aliphatic heterocycles. The van der Waals surface area contributed by atoms with Crippen LogP contribution in [0.5, 0.6) is 5.75 Å². The van der Waals surface area contributed by atoms with E-state index in [4.69, 9.17) is 32.8 Å². The van der Waals surface area contributed by atoms with Crippen molar-refractivity contribution < 1.29 is 14.4 Å². The Labute approximate surface area is 182 Å². The van der Waals surface area contributed by atoms with Crippen molar-refractivity contribution in [2.45, 2.75) is 19.1 Å². The number of aromatic nitrogens is 3. The standard InChI is InChI=1S/C20H17Cl2N5O3/c1-29-17-8-3-2-5-12(17)16-9-18(30-26-16)19(28)24-20-23-11-27(25-20)10-13-14(21)6-4-7-15(13)22/h2-8,11,18H,9-10H2,1H3,(H,24,25,28)/t18-/m1/s1. The van der Waals surface area contributed by atoms with Crippen LogP contribution in [-0.2, 0) is 16.2 Å². The third-order valence-electron chi connectivity index (χ3n) is 4.53. The highest BCUT2D eigenvalue weighted by Gasteiger charge is 2.30.